The van der Waals surface area contributed by atoms with Crippen LogP contribution in [0.15, 0.2) is 22.7 Å². The van der Waals surface area contributed by atoms with Crippen LogP contribution in [0.1, 0.15) is 25.3 Å². The third kappa shape index (κ3) is 2.25. The van der Waals surface area contributed by atoms with Crippen LogP contribution in [0.4, 0.5) is 10.2 Å². The maximum absolute atomic E-state index is 13.4. The Bertz CT molecular complexity index is 569. The van der Waals surface area contributed by atoms with Gasteiger partial charge < -0.3 is 5.43 Å². The summed E-state index contributed by atoms with van der Waals surface area (Å²) in [6.45, 7) is 4.12. The smallest absolute Gasteiger partial charge is 0.144 e. The SMILES string of the molecule is CC(C)c1cc2cc(Br)c(F)cc2nc1NN. The Morgan fingerprint density at radius 3 is 2.65 bits per heavy atom. The number of halogens is 2. The lowest BCUT2D eigenvalue weighted by Crippen LogP contribution is -2.12. The lowest BCUT2D eigenvalue weighted by Gasteiger charge is -2.13. The van der Waals surface area contributed by atoms with Crippen LogP contribution in [0.2, 0.25) is 0 Å². The van der Waals surface area contributed by atoms with E-state index in [9.17, 15) is 4.39 Å². The molecular weight excluding hydrogens is 285 g/mol. The number of nitrogens with two attached hydrogens (primary N) is 1. The number of benzene rings is 1. The van der Waals surface area contributed by atoms with E-state index in [1.807, 2.05) is 6.07 Å². The fourth-order valence-corrected chi connectivity index (χ4v) is 2.10. The second kappa shape index (κ2) is 4.58. The summed E-state index contributed by atoms with van der Waals surface area (Å²) in [5.41, 5.74) is 4.16. The Labute approximate surface area is 107 Å². The molecule has 0 fully saturated rings. The van der Waals surface area contributed by atoms with Crippen molar-refractivity contribution >= 4 is 32.7 Å². The molecule has 0 atom stereocenters. The Morgan fingerprint density at radius 2 is 2.06 bits per heavy atom. The fraction of sp³-hybridized carbons (Fsp3) is 0.250. The standard InChI is InChI=1S/C12H13BrFN3/c1-6(2)8-3-7-4-9(13)10(14)5-11(7)16-12(8)17-15/h3-6H,15H2,1-2H3,(H,16,17). The highest BCUT2D eigenvalue weighted by molar-refractivity contribution is 9.10. The number of pyridine rings is 1. The number of fused-ring (bicyclic) bond motifs is 1. The molecule has 0 aliphatic heterocycles. The molecule has 3 nitrogen and oxygen atoms in total. The summed E-state index contributed by atoms with van der Waals surface area (Å²) in [6.07, 6.45) is 0. The van der Waals surface area contributed by atoms with Crippen molar-refractivity contribution in [3.05, 3.63) is 34.1 Å². The predicted octanol–water partition coefficient (Wildman–Crippen LogP) is 3.55. The lowest BCUT2D eigenvalue weighted by molar-refractivity contribution is 0.623. The number of rotatable bonds is 2. The van der Waals surface area contributed by atoms with E-state index in [0.29, 0.717) is 21.7 Å². The van der Waals surface area contributed by atoms with Gasteiger partial charge in [-0.05, 0) is 39.5 Å². The molecular formula is C12H13BrFN3. The van der Waals surface area contributed by atoms with Gasteiger partial charge >= 0.3 is 0 Å². The second-order valence-electron chi connectivity index (χ2n) is 4.18. The van der Waals surface area contributed by atoms with Crippen LogP contribution in [-0.4, -0.2) is 4.98 Å². The molecule has 1 aromatic heterocycles. The van der Waals surface area contributed by atoms with Gasteiger partial charge in [0.2, 0.25) is 0 Å². The average molecular weight is 298 g/mol. The van der Waals surface area contributed by atoms with Crippen molar-refractivity contribution < 1.29 is 4.39 Å². The fourth-order valence-electron chi connectivity index (χ4n) is 1.74. The van der Waals surface area contributed by atoms with E-state index >= 15 is 0 Å². The largest absolute Gasteiger partial charge is 0.308 e. The number of aromatic nitrogens is 1. The van der Waals surface area contributed by atoms with Crippen molar-refractivity contribution in [3.8, 4) is 0 Å². The van der Waals surface area contributed by atoms with Gasteiger partial charge in [0.15, 0.2) is 0 Å². The van der Waals surface area contributed by atoms with Crippen LogP contribution in [0.5, 0.6) is 0 Å². The molecule has 90 valence electrons. The highest BCUT2D eigenvalue weighted by atomic mass is 79.9. The summed E-state index contributed by atoms with van der Waals surface area (Å²) in [5, 5.41) is 0.890. The molecule has 0 saturated carbocycles. The van der Waals surface area contributed by atoms with Crippen molar-refractivity contribution in [2.24, 2.45) is 5.84 Å². The molecule has 0 saturated heterocycles. The minimum Gasteiger partial charge on any atom is -0.308 e. The average Bonchev–Trinajstić information content (AvgIpc) is 2.29. The van der Waals surface area contributed by atoms with Crippen LogP contribution >= 0.6 is 15.9 Å². The van der Waals surface area contributed by atoms with Crippen LogP contribution in [0.25, 0.3) is 10.9 Å². The topological polar surface area (TPSA) is 50.9 Å². The number of anilines is 1. The second-order valence-corrected chi connectivity index (χ2v) is 5.04. The Balaban J connectivity index is 2.74. The van der Waals surface area contributed by atoms with Crippen molar-refractivity contribution in [1.82, 2.24) is 4.98 Å². The first-order valence-corrected chi connectivity index (χ1v) is 6.08. The number of hydrogen-bond donors (Lipinski definition) is 2. The van der Waals surface area contributed by atoms with E-state index in [1.165, 1.54) is 6.07 Å². The number of hydrogen-bond acceptors (Lipinski definition) is 3. The van der Waals surface area contributed by atoms with E-state index in [0.717, 1.165) is 10.9 Å². The van der Waals surface area contributed by atoms with Gasteiger partial charge in [0.1, 0.15) is 11.6 Å². The Kier molecular flexibility index (Phi) is 3.31. The molecule has 2 aromatic rings. The molecule has 3 N–H and O–H groups in total. The van der Waals surface area contributed by atoms with Crippen LogP contribution in [0, 0.1) is 5.82 Å². The number of hydrazine groups is 1. The maximum atomic E-state index is 13.4. The van der Waals surface area contributed by atoms with E-state index < -0.39 is 0 Å². The van der Waals surface area contributed by atoms with Crippen LogP contribution in [0.3, 0.4) is 0 Å². The highest BCUT2D eigenvalue weighted by Crippen LogP contribution is 2.29. The van der Waals surface area contributed by atoms with Gasteiger partial charge in [0.05, 0.1) is 9.99 Å². The molecule has 17 heavy (non-hydrogen) atoms. The van der Waals surface area contributed by atoms with Gasteiger partial charge in [-0.1, -0.05) is 13.8 Å². The summed E-state index contributed by atoms with van der Waals surface area (Å²) in [7, 11) is 0. The van der Waals surface area contributed by atoms with E-state index in [2.05, 4.69) is 40.2 Å². The van der Waals surface area contributed by atoms with Gasteiger partial charge in [-0.15, -0.1) is 0 Å². The Morgan fingerprint density at radius 1 is 1.35 bits per heavy atom. The first kappa shape index (κ1) is 12.3. The molecule has 0 aliphatic carbocycles. The first-order chi connectivity index (χ1) is 8.02. The van der Waals surface area contributed by atoms with Crippen molar-refractivity contribution in [1.29, 1.82) is 0 Å². The molecule has 0 unspecified atom stereocenters. The third-order valence-electron chi connectivity index (χ3n) is 2.65. The minimum absolute atomic E-state index is 0.293. The zero-order valence-corrected chi connectivity index (χ0v) is 11.2. The normalized spacial score (nSPS) is 11.2. The quantitative estimate of drug-likeness (QED) is 0.658. The van der Waals surface area contributed by atoms with E-state index in [1.54, 1.807) is 6.07 Å². The molecule has 1 aromatic carbocycles. The lowest BCUT2D eigenvalue weighted by atomic mass is 10.0. The monoisotopic (exact) mass is 297 g/mol. The Hall–Kier alpha value is -1.20. The molecule has 2 rings (SSSR count). The molecule has 1 heterocycles. The predicted molar refractivity (Wildman–Crippen MR) is 71.3 cm³/mol. The molecule has 0 amide bonds. The third-order valence-corrected chi connectivity index (χ3v) is 3.25. The molecule has 0 spiro atoms. The molecule has 0 aliphatic rings. The summed E-state index contributed by atoms with van der Waals surface area (Å²) in [5.74, 6) is 5.99. The van der Waals surface area contributed by atoms with Gasteiger partial charge in [0, 0.05) is 11.5 Å². The summed E-state index contributed by atoms with van der Waals surface area (Å²) < 4.78 is 13.8. The minimum atomic E-state index is -0.328. The summed E-state index contributed by atoms with van der Waals surface area (Å²) >= 11 is 3.17. The molecule has 0 bridgehead atoms. The highest BCUT2D eigenvalue weighted by Gasteiger charge is 2.11. The first-order valence-electron chi connectivity index (χ1n) is 5.29. The van der Waals surface area contributed by atoms with Gasteiger partial charge in [-0.25, -0.2) is 15.2 Å². The van der Waals surface area contributed by atoms with Crippen molar-refractivity contribution in [2.45, 2.75) is 19.8 Å². The number of nitrogens with one attached hydrogen (secondary N) is 1. The van der Waals surface area contributed by atoms with Gasteiger partial charge in [-0.2, -0.15) is 0 Å². The summed E-state index contributed by atoms with van der Waals surface area (Å²) in [6, 6.07) is 5.10. The number of nitrogen functional groups attached to an aromatic ring is 1. The molecule has 5 heteroatoms. The zero-order valence-electron chi connectivity index (χ0n) is 9.59. The van der Waals surface area contributed by atoms with Crippen molar-refractivity contribution in [2.75, 3.05) is 5.43 Å². The summed E-state index contributed by atoms with van der Waals surface area (Å²) in [4.78, 5) is 4.32. The zero-order chi connectivity index (χ0) is 12.6. The van der Waals surface area contributed by atoms with Gasteiger partial charge in [0.25, 0.3) is 0 Å². The number of nitrogens with zero attached hydrogens (tertiary/aromatic N) is 1. The molecule has 0 radical (unpaired) electrons. The van der Waals surface area contributed by atoms with E-state index in [-0.39, 0.29) is 5.82 Å². The maximum Gasteiger partial charge on any atom is 0.144 e. The van der Waals surface area contributed by atoms with Crippen LogP contribution in [-0.2, 0) is 0 Å². The van der Waals surface area contributed by atoms with Gasteiger partial charge in [-0.3, -0.25) is 0 Å². The van der Waals surface area contributed by atoms with E-state index in [4.69, 9.17) is 5.84 Å². The van der Waals surface area contributed by atoms with Crippen LogP contribution < -0.4 is 11.3 Å². The van der Waals surface area contributed by atoms with Crippen molar-refractivity contribution in [3.63, 3.8) is 0 Å².